The smallest absolute Gasteiger partial charge is 0.192 e. The van der Waals surface area contributed by atoms with Crippen LogP contribution in [0, 0.1) is 0 Å². The molecule has 164 valence electrons. The first kappa shape index (κ1) is 27.1. The monoisotopic (exact) mass is 404 g/mol. The van der Waals surface area contributed by atoms with E-state index in [2.05, 4.69) is 40.8 Å². The van der Waals surface area contributed by atoms with Crippen LogP contribution in [-0.4, -0.2) is 54.6 Å². The molecule has 0 aliphatic heterocycles. The summed E-state index contributed by atoms with van der Waals surface area (Å²) in [4.78, 5) is 0. The van der Waals surface area contributed by atoms with Gasteiger partial charge in [-0.25, -0.2) is 0 Å². The van der Waals surface area contributed by atoms with Gasteiger partial charge in [0.15, 0.2) is 8.32 Å². The molecule has 0 rings (SSSR count). The first-order chi connectivity index (χ1) is 12.8. The molecule has 5 heteroatoms. The number of unbranched alkanes of at least 4 members (excludes halogenated alkanes) is 7. The van der Waals surface area contributed by atoms with Gasteiger partial charge in [-0.1, -0.05) is 72.6 Å². The second-order valence-corrected chi connectivity index (χ2v) is 13.7. The van der Waals surface area contributed by atoms with Crippen LogP contribution in [-0.2, 0) is 18.6 Å². The summed E-state index contributed by atoms with van der Waals surface area (Å²) in [5.74, 6) is 0. The van der Waals surface area contributed by atoms with Crippen LogP contribution < -0.4 is 0 Å². The van der Waals surface area contributed by atoms with E-state index < -0.39 is 8.32 Å². The molecule has 0 aromatic heterocycles. The average Bonchev–Trinajstić information content (AvgIpc) is 2.59. The van der Waals surface area contributed by atoms with Crippen LogP contribution in [0.2, 0.25) is 18.1 Å². The molecule has 0 amide bonds. The summed E-state index contributed by atoms with van der Waals surface area (Å²) in [6.07, 6.45) is 10.7. The fourth-order valence-corrected chi connectivity index (χ4v) is 3.48. The van der Waals surface area contributed by atoms with Gasteiger partial charge in [0.25, 0.3) is 0 Å². The summed E-state index contributed by atoms with van der Waals surface area (Å²) < 4.78 is 22.8. The zero-order chi connectivity index (χ0) is 20.4. The van der Waals surface area contributed by atoms with Crippen LogP contribution in [0.1, 0.15) is 79.1 Å². The average molecular weight is 405 g/mol. The predicted octanol–water partition coefficient (Wildman–Crippen LogP) is 6.20. The van der Waals surface area contributed by atoms with Gasteiger partial charge in [-0.15, -0.1) is 0 Å². The van der Waals surface area contributed by atoms with Crippen molar-refractivity contribution in [1.82, 2.24) is 0 Å². The molecule has 4 nitrogen and oxygen atoms in total. The van der Waals surface area contributed by atoms with Crippen LogP contribution >= 0.6 is 0 Å². The van der Waals surface area contributed by atoms with Gasteiger partial charge in [0.05, 0.1) is 39.6 Å². The Kier molecular flexibility index (Phi) is 17.0. The molecular weight excluding hydrogens is 356 g/mol. The molecule has 0 unspecified atom stereocenters. The van der Waals surface area contributed by atoms with Crippen LogP contribution in [0.5, 0.6) is 0 Å². The van der Waals surface area contributed by atoms with Crippen molar-refractivity contribution < 1.29 is 18.6 Å². The van der Waals surface area contributed by atoms with Crippen molar-refractivity contribution in [2.45, 2.75) is 97.2 Å². The Hall–Kier alpha value is 0.0569. The van der Waals surface area contributed by atoms with Crippen molar-refractivity contribution in [3.8, 4) is 0 Å². The second kappa shape index (κ2) is 17.0. The molecular formula is C22H48O4Si. The minimum Gasteiger partial charge on any atom is -0.414 e. The van der Waals surface area contributed by atoms with Gasteiger partial charge in [-0.3, -0.25) is 0 Å². The predicted molar refractivity (Wildman–Crippen MR) is 118 cm³/mol. The third-order valence-electron chi connectivity index (χ3n) is 5.38. The number of hydrogen-bond donors (Lipinski definition) is 0. The standard InChI is InChI=1S/C22H48O4Si/c1-7-8-9-10-11-12-13-14-15-23-16-17-24-18-19-25-20-21-26-27(5,6)22(2,3)4/h7-21H2,1-6H3. The first-order valence-corrected chi connectivity index (χ1v) is 14.1. The van der Waals surface area contributed by atoms with Crippen LogP contribution in [0.3, 0.4) is 0 Å². The highest BCUT2D eigenvalue weighted by Crippen LogP contribution is 2.36. The van der Waals surface area contributed by atoms with Gasteiger partial charge in [0, 0.05) is 6.61 Å². The highest BCUT2D eigenvalue weighted by Gasteiger charge is 2.36. The molecule has 0 heterocycles. The topological polar surface area (TPSA) is 36.9 Å². The molecule has 0 aliphatic rings. The Bertz CT molecular complexity index is 316. The Morgan fingerprint density at radius 1 is 0.556 bits per heavy atom. The quantitative estimate of drug-likeness (QED) is 0.190. The molecule has 0 aliphatic carbocycles. The summed E-state index contributed by atoms with van der Waals surface area (Å²) in [6.45, 7) is 18.3. The molecule has 0 N–H and O–H groups in total. The van der Waals surface area contributed by atoms with E-state index >= 15 is 0 Å². The third kappa shape index (κ3) is 16.7. The lowest BCUT2D eigenvalue weighted by Gasteiger charge is -2.36. The normalized spacial score (nSPS) is 12.7. The summed E-state index contributed by atoms with van der Waals surface area (Å²) in [7, 11) is -1.64. The largest absolute Gasteiger partial charge is 0.414 e. The fourth-order valence-electron chi connectivity index (χ4n) is 2.45. The third-order valence-corrected chi connectivity index (χ3v) is 9.92. The van der Waals surface area contributed by atoms with Crippen molar-refractivity contribution in [2.24, 2.45) is 0 Å². The highest BCUT2D eigenvalue weighted by molar-refractivity contribution is 6.74. The lowest BCUT2D eigenvalue weighted by Crippen LogP contribution is -2.41. The zero-order valence-corrected chi connectivity index (χ0v) is 20.2. The Morgan fingerprint density at radius 3 is 1.44 bits per heavy atom. The highest BCUT2D eigenvalue weighted by atomic mass is 28.4. The minimum absolute atomic E-state index is 0.255. The van der Waals surface area contributed by atoms with E-state index in [-0.39, 0.29) is 5.04 Å². The number of ether oxygens (including phenoxy) is 3. The van der Waals surface area contributed by atoms with Crippen molar-refractivity contribution in [3.05, 3.63) is 0 Å². The van der Waals surface area contributed by atoms with Gasteiger partial charge in [-0.05, 0) is 24.6 Å². The van der Waals surface area contributed by atoms with Gasteiger partial charge in [-0.2, -0.15) is 0 Å². The summed E-state index contributed by atoms with van der Waals surface area (Å²) >= 11 is 0. The van der Waals surface area contributed by atoms with Crippen molar-refractivity contribution in [2.75, 3.05) is 46.2 Å². The van der Waals surface area contributed by atoms with Gasteiger partial charge in [0.2, 0.25) is 0 Å². The lowest BCUT2D eigenvalue weighted by atomic mass is 10.1. The summed E-state index contributed by atoms with van der Waals surface area (Å²) in [6, 6.07) is 0. The molecule has 0 aromatic carbocycles. The second-order valence-electron chi connectivity index (χ2n) is 8.92. The van der Waals surface area contributed by atoms with Crippen LogP contribution in [0.25, 0.3) is 0 Å². The molecule has 27 heavy (non-hydrogen) atoms. The molecule has 0 fully saturated rings. The van der Waals surface area contributed by atoms with E-state index in [0.717, 1.165) is 6.61 Å². The first-order valence-electron chi connectivity index (χ1n) is 11.2. The SMILES string of the molecule is CCCCCCCCCCOCCOCCOCCO[Si](C)(C)C(C)(C)C. The van der Waals surface area contributed by atoms with Gasteiger partial charge in [0.1, 0.15) is 0 Å². The molecule has 0 atom stereocenters. The van der Waals surface area contributed by atoms with Crippen molar-refractivity contribution >= 4 is 8.32 Å². The minimum atomic E-state index is -1.64. The zero-order valence-electron chi connectivity index (χ0n) is 19.2. The Morgan fingerprint density at radius 2 is 0.963 bits per heavy atom. The maximum Gasteiger partial charge on any atom is 0.192 e. The van der Waals surface area contributed by atoms with E-state index in [1.54, 1.807) is 0 Å². The van der Waals surface area contributed by atoms with Crippen LogP contribution in [0.4, 0.5) is 0 Å². The van der Waals surface area contributed by atoms with E-state index in [9.17, 15) is 0 Å². The Balaban J connectivity index is 3.19. The molecule has 0 saturated heterocycles. The van der Waals surface area contributed by atoms with Gasteiger partial charge >= 0.3 is 0 Å². The van der Waals surface area contributed by atoms with Gasteiger partial charge < -0.3 is 18.6 Å². The molecule has 0 aromatic rings. The number of hydrogen-bond acceptors (Lipinski definition) is 4. The summed E-state index contributed by atoms with van der Waals surface area (Å²) in [5, 5.41) is 0.255. The molecule has 0 radical (unpaired) electrons. The van der Waals surface area contributed by atoms with Crippen LogP contribution in [0.15, 0.2) is 0 Å². The van der Waals surface area contributed by atoms with E-state index in [0.29, 0.717) is 39.6 Å². The van der Waals surface area contributed by atoms with E-state index in [1.807, 2.05) is 0 Å². The van der Waals surface area contributed by atoms with E-state index in [4.69, 9.17) is 18.6 Å². The van der Waals surface area contributed by atoms with Crippen molar-refractivity contribution in [3.63, 3.8) is 0 Å². The number of rotatable bonds is 19. The molecule has 0 spiro atoms. The molecule has 0 saturated carbocycles. The molecule has 0 bridgehead atoms. The lowest BCUT2D eigenvalue weighted by molar-refractivity contribution is 0.00800. The Labute approximate surface area is 170 Å². The van der Waals surface area contributed by atoms with E-state index in [1.165, 1.54) is 51.4 Å². The maximum atomic E-state index is 6.07. The summed E-state index contributed by atoms with van der Waals surface area (Å²) in [5.41, 5.74) is 0. The fraction of sp³-hybridized carbons (Fsp3) is 1.00. The maximum absolute atomic E-state index is 6.07. The van der Waals surface area contributed by atoms with Crippen molar-refractivity contribution in [1.29, 1.82) is 0 Å².